The third-order valence-corrected chi connectivity index (χ3v) is 2.93. The second-order valence-electron chi connectivity index (χ2n) is 4.30. The zero-order chi connectivity index (χ0) is 14.7. The van der Waals surface area contributed by atoms with Gasteiger partial charge in [-0.1, -0.05) is 23.4 Å². The number of fused-ring (bicyclic) bond motifs is 1. The van der Waals surface area contributed by atoms with Crippen LogP contribution in [0.15, 0.2) is 60.0 Å². The Hall–Kier alpha value is -3.15. The van der Waals surface area contributed by atoms with E-state index in [1.807, 2.05) is 24.3 Å². The molecule has 0 radical (unpaired) electrons. The van der Waals surface area contributed by atoms with Crippen molar-refractivity contribution in [3.63, 3.8) is 0 Å². The van der Waals surface area contributed by atoms with E-state index >= 15 is 0 Å². The first kappa shape index (κ1) is 12.9. The zero-order valence-electron chi connectivity index (χ0n) is 11.0. The van der Waals surface area contributed by atoms with Gasteiger partial charge in [-0.15, -0.1) is 0 Å². The van der Waals surface area contributed by atoms with Crippen LogP contribution in [0.5, 0.6) is 11.6 Å². The first-order valence-electron chi connectivity index (χ1n) is 6.23. The molecule has 0 aliphatic heterocycles. The predicted molar refractivity (Wildman–Crippen MR) is 78.6 cm³/mol. The molecule has 0 bridgehead atoms. The summed E-state index contributed by atoms with van der Waals surface area (Å²) < 4.78 is 5.66. The van der Waals surface area contributed by atoms with E-state index in [0.717, 1.165) is 5.39 Å². The van der Waals surface area contributed by atoms with Gasteiger partial charge < -0.3 is 15.7 Å². The van der Waals surface area contributed by atoms with Gasteiger partial charge in [0.05, 0.1) is 11.7 Å². The topological polar surface area (TPSA) is 93.6 Å². The maximum atomic E-state index is 8.92. The van der Waals surface area contributed by atoms with E-state index in [4.69, 9.17) is 15.7 Å². The van der Waals surface area contributed by atoms with E-state index in [1.54, 1.807) is 30.6 Å². The number of nitrogens with zero attached hydrogens (tertiary/aromatic N) is 3. The van der Waals surface area contributed by atoms with Crippen molar-refractivity contribution in [3.8, 4) is 11.6 Å². The van der Waals surface area contributed by atoms with Crippen LogP contribution in [0, 0.1) is 0 Å². The molecular weight excluding hydrogens is 268 g/mol. The summed E-state index contributed by atoms with van der Waals surface area (Å²) in [6.07, 6.45) is 3.24. The molecule has 2 aromatic heterocycles. The van der Waals surface area contributed by atoms with Crippen molar-refractivity contribution in [2.24, 2.45) is 10.9 Å². The Morgan fingerprint density at radius 1 is 1.19 bits per heavy atom. The van der Waals surface area contributed by atoms with Crippen molar-refractivity contribution in [2.45, 2.75) is 0 Å². The predicted octanol–water partition coefficient (Wildman–Crippen LogP) is 2.52. The number of rotatable bonds is 3. The molecule has 0 atom stereocenters. The van der Waals surface area contributed by atoms with Crippen molar-refractivity contribution in [3.05, 3.63) is 60.4 Å². The maximum Gasteiger partial charge on any atom is 0.220 e. The Bertz CT molecular complexity index is 803. The highest BCUT2D eigenvalue weighted by molar-refractivity contribution is 6.08. The molecule has 6 nitrogen and oxygen atoms in total. The molecule has 0 saturated heterocycles. The van der Waals surface area contributed by atoms with Gasteiger partial charge in [0.15, 0.2) is 5.84 Å². The lowest BCUT2D eigenvalue weighted by molar-refractivity contribution is 0.318. The molecule has 0 unspecified atom stereocenters. The summed E-state index contributed by atoms with van der Waals surface area (Å²) in [7, 11) is 0. The van der Waals surface area contributed by atoms with E-state index in [1.165, 1.54) is 0 Å². The molecule has 0 saturated carbocycles. The average molecular weight is 280 g/mol. The number of pyridine rings is 2. The van der Waals surface area contributed by atoms with Crippen LogP contribution in [0.3, 0.4) is 0 Å². The standard InChI is InChI=1S/C15H12N4O2/c16-15(19-20)12-8-14(21-10-4-3-7-17-9-10)18-13-6-2-1-5-11(12)13/h1-9,20H,(H2,16,19). The Balaban J connectivity index is 2.12. The van der Waals surface area contributed by atoms with Gasteiger partial charge in [-0.3, -0.25) is 4.98 Å². The van der Waals surface area contributed by atoms with Crippen molar-refractivity contribution >= 4 is 16.7 Å². The van der Waals surface area contributed by atoms with Gasteiger partial charge in [-0.05, 0) is 18.2 Å². The lowest BCUT2D eigenvalue weighted by atomic mass is 10.1. The van der Waals surface area contributed by atoms with Crippen LogP contribution in [0.2, 0.25) is 0 Å². The van der Waals surface area contributed by atoms with E-state index in [9.17, 15) is 0 Å². The summed E-state index contributed by atoms with van der Waals surface area (Å²) >= 11 is 0. The molecular formula is C15H12N4O2. The molecule has 1 aromatic carbocycles. The normalized spacial score (nSPS) is 11.5. The van der Waals surface area contributed by atoms with Crippen LogP contribution in [0.1, 0.15) is 5.56 Å². The lowest BCUT2D eigenvalue weighted by Crippen LogP contribution is -2.14. The molecule has 2 heterocycles. The highest BCUT2D eigenvalue weighted by Crippen LogP contribution is 2.25. The van der Waals surface area contributed by atoms with E-state index < -0.39 is 0 Å². The first-order valence-corrected chi connectivity index (χ1v) is 6.23. The number of hydrogen-bond acceptors (Lipinski definition) is 5. The number of oxime groups is 1. The average Bonchev–Trinajstić information content (AvgIpc) is 2.54. The summed E-state index contributed by atoms with van der Waals surface area (Å²) in [6, 6.07) is 12.6. The first-order chi connectivity index (χ1) is 10.3. The van der Waals surface area contributed by atoms with E-state index in [-0.39, 0.29) is 5.84 Å². The van der Waals surface area contributed by atoms with Gasteiger partial charge >= 0.3 is 0 Å². The Kier molecular flexibility index (Phi) is 3.34. The van der Waals surface area contributed by atoms with Crippen LogP contribution < -0.4 is 10.5 Å². The van der Waals surface area contributed by atoms with Crippen LogP contribution in [0.25, 0.3) is 10.9 Å². The van der Waals surface area contributed by atoms with Gasteiger partial charge in [0.2, 0.25) is 5.88 Å². The molecule has 3 aromatic rings. The Morgan fingerprint density at radius 2 is 2.05 bits per heavy atom. The van der Waals surface area contributed by atoms with Crippen LogP contribution in [0.4, 0.5) is 0 Å². The summed E-state index contributed by atoms with van der Waals surface area (Å²) in [5.74, 6) is 0.915. The summed E-state index contributed by atoms with van der Waals surface area (Å²) in [6.45, 7) is 0. The SMILES string of the molecule is NC(=NO)c1cc(Oc2cccnc2)nc2ccccc12. The summed E-state index contributed by atoms with van der Waals surface area (Å²) in [5.41, 5.74) is 6.98. The molecule has 0 aliphatic rings. The van der Waals surface area contributed by atoms with Crippen molar-refractivity contribution in [1.29, 1.82) is 0 Å². The minimum Gasteiger partial charge on any atom is -0.437 e. The molecule has 0 spiro atoms. The quantitative estimate of drug-likeness (QED) is 0.333. The molecule has 0 aliphatic carbocycles. The largest absolute Gasteiger partial charge is 0.437 e. The van der Waals surface area contributed by atoms with Crippen LogP contribution >= 0.6 is 0 Å². The fraction of sp³-hybridized carbons (Fsp3) is 0. The van der Waals surface area contributed by atoms with Crippen molar-refractivity contribution in [1.82, 2.24) is 9.97 Å². The Morgan fingerprint density at radius 3 is 2.81 bits per heavy atom. The molecule has 6 heteroatoms. The van der Waals surface area contributed by atoms with Crippen LogP contribution in [-0.2, 0) is 0 Å². The van der Waals surface area contributed by atoms with E-state index in [0.29, 0.717) is 22.7 Å². The molecule has 3 rings (SSSR count). The second kappa shape index (κ2) is 5.46. The van der Waals surface area contributed by atoms with Crippen molar-refractivity contribution < 1.29 is 9.94 Å². The molecule has 104 valence electrons. The molecule has 21 heavy (non-hydrogen) atoms. The third-order valence-electron chi connectivity index (χ3n) is 2.93. The minimum atomic E-state index is 0.00429. The van der Waals surface area contributed by atoms with Gasteiger partial charge in [0, 0.05) is 23.2 Å². The number of nitrogens with two attached hydrogens (primary N) is 1. The minimum absolute atomic E-state index is 0.00429. The van der Waals surface area contributed by atoms with Crippen molar-refractivity contribution in [2.75, 3.05) is 0 Å². The zero-order valence-corrected chi connectivity index (χ0v) is 11.0. The summed E-state index contributed by atoms with van der Waals surface area (Å²) in [4.78, 5) is 8.38. The van der Waals surface area contributed by atoms with Crippen LogP contribution in [-0.4, -0.2) is 21.0 Å². The number of hydrogen-bond donors (Lipinski definition) is 2. The second-order valence-corrected chi connectivity index (χ2v) is 4.30. The Labute approximate surface area is 120 Å². The van der Waals surface area contributed by atoms with Gasteiger partial charge in [0.1, 0.15) is 5.75 Å². The monoisotopic (exact) mass is 280 g/mol. The van der Waals surface area contributed by atoms with Gasteiger partial charge in [-0.25, -0.2) is 4.98 Å². The number of benzene rings is 1. The molecule has 0 fully saturated rings. The highest BCUT2D eigenvalue weighted by atomic mass is 16.5. The highest BCUT2D eigenvalue weighted by Gasteiger charge is 2.10. The number of aromatic nitrogens is 2. The number of para-hydroxylation sites is 1. The smallest absolute Gasteiger partial charge is 0.220 e. The number of ether oxygens (including phenoxy) is 1. The molecule has 3 N–H and O–H groups in total. The molecule has 0 amide bonds. The number of amidine groups is 1. The third kappa shape index (κ3) is 2.59. The fourth-order valence-electron chi connectivity index (χ4n) is 2.00. The maximum absolute atomic E-state index is 8.92. The van der Waals surface area contributed by atoms with Gasteiger partial charge in [0.25, 0.3) is 0 Å². The van der Waals surface area contributed by atoms with Gasteiger partial charge in [-0.2, -0.15) is 0 Å². The van der Waals surface area contributed by atoms with E-state index in [2.05, 4.69) is 15.1 Å². The summed E-state index contributed by atoms with van der Waals surface area (Å²) in [5, 5.41) is 12.8. The fourth-order valence-corrected chi connectivity index (χ4v) is 2.00. The lowest BCUT2D eigenvalue weighted by Gasteiger charge is -2.09.